The van der Waals surface area contributed by atoms with E-state index in [9.17, 15) is 22.6 Å². The molecular formula is C56H97KO7S. The first-order chi connectivity index (χ1) is 31.3. The van der Waals surface area contributed by atoms with E-state index in [1.54, 1.807) is 0 Å². The van der Waals surface area contributed by atoms with Crippen LogP contribution in [0.1, 0.15) is 291 Å². The second-order valence-corrected chi connectivity index (χ2v) is 19.8. The van der Waals surface area contributed by atoms with Gasteiger partial charge in [-0.05, 0) is 63.5 Å². The molecule has 9 heteroatoms. The first-order valence-electron chi connectivity index (χ1n) is 27.1. The topological polar surface area (TPSA) is 110 Å². The van der Waals surface area contributed by atoms with Crippen molar-refractivity contribution in [3.05, 3.63) is 53.6 Å². The van der Waals surface area contributed by atoms with Gasteiger partial charge < -0.3 is 14.0 Å². The number of ether oxygens (including phenoxy) is 2. The van der Waals surface area contributed by atoms with Crippen molar-refractivity contribution in [2.45, 2.75) is 276 Å². The number of hydrogen-bond acceptors (Lipinski definition) is 7. The molecule has 0 atom stereocenters. The zero-order valence-electron chi connectivity index (χ0n) is 42.5. The van der Waals surface area contributed by atoms with Gasteiger partial charge in [-0.1, -0.05) is 250 Å². The van der Waals surface area contributed by atoms with Crippen molar-refractivity contribution in [3.63, 3.8) is 0 Å². The summed E-state index contributed by atoms with van der Waals surface area (Å²) in [7, 11) is -5.02. The van der Waals surface area contributed by atoms with Gasteiger partial charge in [0.2, 0.25) is 0 Å². The monoisotopic (exact) mass is 953 g/mol. The Morgan fingerprint density at radius 1 is 0.431 bits per heavy atom. The number of hydrogen-bond donors (Lipinski definition) is 0. The van der Waals surface area contributed by atoms with Crippen molar-refractivity contribution in [2.24, 2.45) is 0 Å². The van der Waals surface area contributed by atoms with Gasteiger partial charge >= 0.3 is 63.3 Å². The van der Waals surface area contributed by atoms with E-state index in [0.29, 0.717) is 12.8 Å². The van der Waals surface area contributed by atoms with E-state index >= 15 is 0 Å². The molecule has 0 aliphatic heterocycles. The summed E-state index contributed by atoms with van der Waals surface area (Å²) in [6.45, 7) is 4.64. The molecule has 65 heavy (non-hydrogen) atoms. The minimum Gasteiger partial charge on any atom is -0.744 e. The Labute approximate surface area is 443 Å². The molecule has 0 unspecified atom stereocenters. The second kappa shape index (κ2) is 48.2. The molecule has 7 nitrogen and oxygen atoms in total. The number of benzene rings is 1. The molecule has 0 aliphatic rings. The predicted molar refractivity (Wildman–Crippen MR) is 269 cm³/mol. The molecule has 0 bridgehead atoms. The molecule has 0 saturated carbocycles. The summed E-state index contributed by atoms with van der Waals surface area (Å²) in [6.07, 6.45) is 59.2. The standard InChI is InChI=1S/C56H98O7S.K/c1-3-5-7-9-11-13-15-17-19-21-23-25-27-29-31-33-35-37-39-41-43-45-50-62-55(57)52-48-47-49-53(64(59,60)61)54(52)56(58)63-51-46-44-42-40-38-36-34-32-30-28-26-24-22-20-18-16-14-12-10-8-6-4-2;/h5-8,47-49H,3-4,9-46,50-51H2,1-2H3,(H,59,60,61);/q;+1/p-1/b7-5+,8-6+;. The van der Waals surface area contributed by atoms with E-state index in [0.717, 1.165) is 57.4 Å². The van der Waals surface area contributed by atoms with Gasteiger partial charge in [-0.25, -0.2) is 18.0 Å². The summed E-state index contributed by atoms with van der Waals surface area (Å²) in [6, 6.07) is 3.66. The van der Waals surface area contributed by atoms with Crippen molar-refractivity contribution >= 4 is 22.1 Å². The molecule has 0 aromatic heterocycles. The van der Waals surface area contributed by atoms with E-state index in [-0.39, 0.29) is 70.2 Å². The molecule has 0 aliphatic carbocycles. The Morgan fingerprint density at radius 3 is 1.00 bits per heavy atom. The maximum Gasteiger partial charge on any atom is 1.00 e. The summed E-state index contributed by atoms with van der Waals surface area (Å²) >= 11 is 0. The number of esters is 2. The van der Waals surface area contributed by atoms with Crippen LogP contribution in [0, 0.1) is 0 Å². The van der Waals surface area contributed by atoms with E-state index in [1.807, 2.05) is 0 Å². The van der Waals surface area contributed by atoms with Crippen molar-refractivity contribution < 1.29 is 83.4 Å². The maximum atomic E-state index is 13.1. The van der Waals surface area contributed by atoms with Crippen LogP contribution in [0.5, 0.6) is 0 Å². The Hall–Kier alpha value is -0.814. The van der Waals surface area contributed by atoms with Crippen molar-refractivity contribution in [1.29, 1.82) is 0 Å². The molecule has 0 radical (unpaired) electrons. The molecule has 0 N–H and O–H groups in total. The van der Waals surface area contributed by atoms with Crippen LogP contribution in [0.25, 0.3) is 0 Å². The summed E-state index contributed by atoms with van der Waals surface area (Å²) in [4.78, 5) is 25.4. The molecule has 0 amide bonds. The normalized spacial score (nSPS) is 11.7. The van der Waals surface area contributed by atoms with Gasteiger partial charge in [0, 0.05) is 0 Å². The maximum absolute atomic E-state index is 13.1. The van der Waals surface area contributed by atoms with E-state index in [4.69, 9.17) is 9.47 Å². The van der Waals surface area contributed by atoms with Crippen LogP contribution in [0.4, 0.5) is 0 Å². The number of carbonyl (C=O) groups is 2. The first-order valence-corrected chi connectivity index (χ1v) is 28.5. The van der Waals surface area contributed by atoms with Crippen LogP contribution in [-0.2, 0) is 19.6 Å². The molecule has 1 rings (SSSR count). The number of carbonyl (C=O) groups excluding carboxylic acids is 2. The average Bonchev–Trinajstić information content (AvgIpc) is 3.28. The fourth-order valence-corrected chi connectivity index (χ4v) is 9.24. The molecule has 370 valence electrons. The first kappa shape index (κ1) is 64.2. The Bertz CT molecular complexity index is 1410. The number of unbranched alkanes of at least 4 members (excludes halogenated alkanes) is 36. The fraction of sp³-hybridized carbons (Fsp3) is 0.786. The van der Waals surface area contributed by atoms with Gasteiger partial charge in [0.15, 0.2) is 0 Å². The van der Waals surface area contributed by atoms with Crippen LogP contribution < -0.4 is 51.4 Å². The van der Waals surface area contributed by atoms with Crippen LogP contribution in [0.3, 0.4) is 0 Å². The third kappa shape index (κ3) is 39.7. The molecule has 1 aromatic carbocycles. The summed E-state index contributed by atoms with van der Waals surface area (Å²) < 4.78 is 47.0. The van der Waals surface area contributed by atoms with Crippen LogP contribution in [-0.4, -0.2) is 38.1 Å². The predicted octanol–water partition coefficient (Wildman–Crippen LogP) is 14.7. The molecular weight excluding hydrogens is 856 g/mol. The largest absolute Gasteiger partial charge is 1.00 e. The van der Waals surface area contributed by atoms with E-state index in [2.05, 4.69) is 38.2 Å². The van der Waals surface area contributed by atoms with Crippen molar-refractivity contribution in [2.75, 3.05) is 13.2 Å². The van der Waals surface area contributed by atoms with Crippen LogP contribution >= 0.6 is 0 Å². The average molecular weight is 954 g/mol. The van der Waals surface area contributed by atoms with E-state index in [1.165, 1.54) is 205 Å². The molecule has 0 saturated heterocycles. The summed E-state index contributed by atoms with van der Waals surface area (Å²) in [5, 5.41) is 0. The number of rotatable bonds is 47. The van der Waals surface area contributed by atoms with E-state index < -0.39 is 32.5 Å². The Kier molecular flexibility index (Phi) is 47.6. The Morgan fingerprint density at radius 2 is 0.708 bits per heavy atom. The fourth-order valence-electron chi connectivity index (χ4n) is 8.55. The van der Waals surface area contributed by atoms with Gasteiger partial charge in [0.05, 0.1) is 29.2 Å². The summed E-state index contributed by atoms with van der Waals surface area (Å²) in [5.41, 5.74) is -0.765. The van der Waals surface area contributed by atoms with Crippen LogP contribution in [0.2, 0.25) is 0 Å². The molecule has 0 heterocycles. The minimum absolute atomic E-state index is 0. The zero-order chi connectivity index (χ0) is 46.4. The van der Waals surface area contributed by atoms with Crippen molar-refractivity contribution in [1.82, 2.24) is 0 Å². The third-order valence-electron chi connectivity index (χ3n) is 12.5. The second-order valence-electron chi connectivity index (χ2n) is 18.5. The number of allylic oxidation sites excluding steroid dienone is 4. The zero-order valence-corrected chi connectivity index (χ0v) is 46.4. The molecule has 1 aromatic rings. The third-order valence-corrected chi connectivity index (χ3v) is 13.4. The van der Waals surface area contributed by atoms with Gasteiger partial charge in [-0.3, -0.25) is 0 Å². The molecule has 0 fully saturated rings. The van der Waals surface area contributed by atoms with Crippen LogP contribution in [0.15, 0.2) is 47.4 Å². The Balaban J connectivity index is 0.0000410. The van der Waals surface area contributed by atoms with Gasteiger partial charge in [0.1, 0.15) is 10.1 Å². The SMILES string of the molecule is CC/C=C/CCCCCCCCCCCCCCCCCCCCOC(=O)c1cccc(S(=O)(=O)[O-])c1C(=O)OCCCCCCCCCCCCCCCCCCCC/C=C/CC.[K+]. The van der Waals surface area contributed by atoms with Crippen molar-refractivity contribution in [3.8, 4) is 0 Å². The smallest absolute Gasteiger partial charge is 0.744 e. The van der Waals surface area contributed by atoms with Gasteiger partial charge in [0.25, 0.3) is 0 Å². The molecule has 0 spiro atoms. The summed E-state index contributed by atoms with van der Waals surface area (Å²) in [5.74, 6) is -1.80. The minimum atomic E-state index is -5.02. The quantitative estimate of drug-likeness (QED) is 0.0210. The van der Waals surface area contributed by atoms with Gasteiger partial charge in [-0.15, -0.1) is 0 Å². The van der Waals surface area contributed by atoms with Gasteiger partial charge in [-0.2, -0.15) is 0 Å².